The molecule has 3 rings (SSSR count). The fraction of sp³-hybridized carbons (Fsp3) is 0.136. The smallest absolute Gasteiger partial charge is 0.341 e. The van der Waals surface area contributed by atoms with Crippen LogP contribution >= 0.6 is 22.9 Å². The number of anilines is 2. The lowest BCUT2D eigenvalue weighted by atomic mass is 10.1. The molecule has 0 spiro atoms. The molecular weight excluding hydrogens is 424 g/mol. The zero-order chi connectivity index (χ0) is 21.7. The normalized spacial score (nSPS) is 11.4. The molecule has 0 fully saturated rings. The van der Waals surface area contributed by atoms with E-state index in [-0.39, 0.29) is 11.5 Å². The molecular formula is C22H19ClN2O4S. The molecule has 1 atom stereocenters. The largest absolute Gasteiger partial charge is 0.449 e. The van der Waals surface area contributed by atoms with Gasteiger partial charge in [0, 0.05) is 10.7 Å². The van der Waals surface area contributed by atoms with Gasteiger partial charge in [-0.1, -0.05) is 35.9 Å². The molecule has 2 N–H and O–H groups in total. The van der Waals surface area contributed by atoms with Gasteiger partial charge in [0.2, 0.25) is 0 Å². The molecule has 0 aliphatic carbocycles. The van der Waals surface area contributed by atoms with Crippen molar-refractivity contribution in [2.24, 2.45) is 0 Å². The van der Waals surface area contributed by atoms with Gasteiger partial charge < -0.3 is 15.4 Å². The Hall–Kier alpha value is -3.16. The lowest BCUT2D eigenvalue weighted by molar-refractivity contribution is -0.123. The van der Waals surface area contributed by atoms with E-state index in [0.717, 1.165) is 5.56 Å². The lowest BCUT2D eigenvalue weighted by Gasteiger charge is -2.16. The van der Waals surface area contributed by atoms with Gasteiger partial charge in [-0.2, -0.15) is 0 Å². The predicted octanol–water partition coefficient (Wildman–Crippen LogP) is 5.15. The molecule has 1 unspecified atom stereocenters. The minimum absolute atomic E-state index is 0.154. The van der Waals surface area contributed by atoms with Crippen LogP contribution in [0.2, 0.25) is 5.02 Å². The summed E-state index contributed by atoms with van der Waals surface area (Å²) in [5, 5.41) is 7.68. The Kier molecular flexibility index (Phi) is 6.87. The number of halogens is 1. The number of carbonyl (C=O) groups excluding carboxylic acids is 3. The summed E-state index contributed by atoms with van der Waals surface area (Å²) in [6.45, 7) is 3.30. The van der Waals surface area contributed by atoms with E-state index < -0.39 is 18.0 Å². The molecule has 0 saturated carbocycles. The first-order valence-corrected chi connectivity index (χ1v) is 10.3. The van der Waals surface area contributed by atoms with Gasteiger partial charge in [-0.25, -0.2) is 4.79 Å². The van der Waals surface area contributed by atoms with E-state index in [1.807, 2.05) is 6.92 Å². The number of amides is 2. The second-order valence-electron chi connectivity index (χ2n) is 6.47. The number of hydrogen-bond acceptors (Lipinski definition) is 5. The van der Waals surface area contributed by atoms with Crippen molar-refractivity contribution in [1.29, 1.82) is 0 Å². The maximum Gasteiger partial charge on any atom is 0.341 e. The zero-order valence-corrected chi connectivity index (χ0v) is 17.8. The fourth-order valence-electron chi connectivity index (χ4n) is 2.60. The number of thiophene rings is 1. The van der Waals surface area contributed by atoms with E-state index in [0.29, 0.717) is 21.3 Å². The average Bonchev–Trinajstić information content (AvgIpc) is 3.26. The highest BCUT2D eigenvalue weighted by Crippen LogP contribution is 2.22. The van der Waals surface area contributed by atoms with Crippen LogP contribution in [0.4, 0.5) is 11.4 Å². The molecule has 0 radical (unpaired) electrons. The summed E-state index contributed by atoms with van der Waals surface area (Å²) >= 11 is 7.26. The second kappa shape index (κ2) is 9.56. The van der Waals surface area contributed by atoms with E-state index in [1.54, 1.807) is 53.9 Å². The SMILES string of the molecule is Cc1ccc(Cl)cc1NC(=O)C(C)OC(=O)c1ccccc1NC(=O)c1cccs1. The van der Waals surface area contributed by atoms with Crippen molar-refractivity contribution in [3.05, 3.63) is 81.0 Å². The molecule has 2 aromatic carbocycles. The lowest BCUT2D eigenvalue weighted by Crippen LogP contribution is -2.30. The van der Waals surface area contributed by atoms with Crippen molar-refractivity contribution >= 4 is 52.1 Å². The van der Waals surface area contributed by atoms with Gasteiger partial charge in [0.25, 0.3) is 11.8 Å². The standard InChI is InChI=1S/C22H19ClN2O4S/c1-13-9-10-15(23)12-18(13)25-20(26)14(2)29-22(28)16-6-3-4-7-17(16)24-21(27)19-8-5-11-30-19/h3-12,14H,1-2H3,(H,24,27)(H,25,26). The summed E-state index contributed by atoms with van der Waals surface area (Å²) in [6, 6.07) is 15.0. The molecule has 0 bridgehead atoms. The maximum atomic E-state index is 12.6. The van der Waals surface area contributed by atoms with Crippen LogP contribution in [0.25, 0.3) is 0 Å². The summed E-state index contributed by atoms with van der Waals surface area (Å²) in [5.74, 6) is -1.54. The van der Waals surface area contributed by atoms with E-state index in [2.05, 4.69) is 10.6 Å². The Morgan fingerprint density at radius 2 is 1.77 bits per heavy atom. The van der Waals surface area contributed by atoms with E-state index in [1.165, 1.54) is 24.3 Å². The van der Waals surface area contributed by atoms with Gasteiger partial charge in [0.15, 0.2) is 6.10 Å². The molecule has 30 heavy (non-hydrogen) atoms. The van der Waals surface area contributed by atoms with Gasteiger partial charge >= 0.3 is 5.97 Å². The highest BCUT2D eigenvalue weighted by Gasteiger charge is 2.22. The number of para-hydroxylation sites is 1. The Morgan fingerprint density at radius 1 is 1.00 bits per heavy atom. The Balaban J connectivity index is 1.68. The third-order valence-corrected chi connectivity index (χ3v) is 5.35. The molecule has 0 aliphatic rings. The van der Waals surface area contributed by atoms with Crippen LogP contribution < -0.4 is 10.6 Å². The molecule has 2 amide bonds. The summed E-state index contributed by atoms with van der Waals surface area (Å²) in [6.07, 6.45) is -1.06. The number of benzene rings is 2. The van der Waals surface area contributed by atoms with Gasteiger partial charge in [0.05, 0.1) is 16.1 Å². The summed E-state index contributed by atoms with van der Waals surface area (Å²) in [4.78, 5) is 37.9. The third-order valence-electron chi connectivity index (χ3n) is 4.25. The van der Waals surface area contributed by atoms with E-state index in [9.17, 15) is 14.4 Å². The average molecular weight is 443 g/mol. The van der Waals surface area contributed by atoms with Crippen LogP contribution in [0, 0.1) is 6.92 Å². The number of hydrogen-bond donors (Lipinski definition) is 2. The molecule has 0 aliphatic heterocycles. The highest BCUT2D eigenvalue weighted by atomic mass is 35.5. The van der Waals surface area contributed by atoms with Crippen LogP contribution in [-0.4, -0.2) is 23.9 Å². The number of rotatable bonds is 6. The first-order valence-electron chi connectivity index (χ1n) is 9.07. The number of carbonyl (C=O) groups is 3. The van der Waals surface area contributed by atoms with Gasteiger partial charge in [-0.05, 0) is 55.1 Å². The molecule has 1 heterocycles. The van der Waals surface area contributed by atoms with Crippen LogP contribution in [0.15, 0.2) is 60.0 Å². The number of esters is 1. The molecule has 8 heteroatoms. The topological polar surface area (TPSA) is 84.5 Å². The van der Waals surface area contributed by atoms with Crippen molar-refractivity contribution in [3.8, 4) is 0 Å². The zero-order valence-electron chi connectivity index (χ0n) is 16.3. The highest BCUT2D eigenvalue weighted by molar-refractivity contribution is 7.12. The minimum atomic E-state index is -1.06. The van der Waals surface area contributed by atoms with E-state index in [4.69, 9.17) is 16.3 Å². The van der Waals surface area contributed by atoms with Crippen LogP contribution in [0.3, 0.4) is 0 Å². The van der Waals surface area contributed by atoms with Crippen LogP contribution in [0.1, 0.15) is 32.5 Å². The van der Waals surface area contributed by atoms with Crippen molar-refractivity contribution < 1.29 is 19.1 Å². The quantitative estimate of drug-likeness (QED) is 0.517. The fourth-order valence-corrected chi connectivity index (χ4v) is 3.39. The molecule has 0 saturated heterocycles. The van der Waals surface area contributed by atoms with Crippen molar-refractivity contribution in [2.45, 2.75) is 20.0 Å². The van der Waals surface area contributed by atoms with Gasteiger partial charge in [0.1, 0.15) is 0 Å². The Morgan fingerprint density at radius 3 is 2.50 bits per heavy atom. The minimum Gasteiger partial charge on any atom is -0.449 e. The molecule has 1 aromatic heterocycles. The Labute approximate surface area is 182 Å². The number of nitrogens with one attached hydrogen (secondary N) is 2. The summed E-state index contributed by atoms with van der Waals surface area (Å²) in [5.41, 5.74) is 1.83. The molecule has 154 valence electrons. The first kappa shape index (κ1) is 21.5. The summed E-state index contributed by atoms with van der Waals surface area (Å²) < 4.78 is 5.32. The maximum absolute atomic E-state index is 12.6. The van der Waals surface area contributed by atoms with Gasteiger partial charge in [-0.15, -0.1) is 11.3 Å². The van der Waals surface area contributed by atoms with Crippen molar-refractivity contribution in [2.75, 3.05) is 10.6 Å². The monoisotopic (exact) mass is 442 g/mol. The van der Waals surface area contributed by atoms with Crippen LogP contribution in [0.5, 0.6) is 0 Å². The second-order valence-corrected chi connectivity index (χ2v) is 7.86. The first-order chi connectivity index (χ1) is 14.3. The number of ether oxygens (including phenoxy) is 1. The van der Waals surface area contributed by atoms with Crippen molar-refractivity contribution in [3.63, 3.8) is 0 Å². The molecule has 6 nitrogen and oxygen atoms in total. The van der Waals surface area contributed by atoms with Gasteiger partial charge in [-0.3, -0.25) is 9.59 Å². The summed E-state index contributed by atoms with van der Waals surface area (Å²) in [7, 11) is 0. The predicted molar refractivity (Wildman–Crippen MR) is 118 cm³/mol. The number of aryl methyl sites for hydroxylation is 1. The van der Waals surface area contributed by atoms with Crippen molar-refractivity contribution in [1.82, 2.24) is 0 Å². The third kappa shape index (κ3) is 5.25. The Bertz CT molecular complexity index is 1080. The molecule has 3 aromatic rings. The van der Waals surface area contributed by atoms with Crippen LogP contribution in [-0.2, 0) is 9.53 Å². The van der Waals surface area contributed by atoms with E-state index >= 15 is 0 Å².